The summed E-state index contributed by atoms with van der Waals surface area (Å²) in [7, 11) is 0. The Labute approximate surface area is 52.2 Å². The van der Waals surface area contributed by atoms with Gasteiger partial charge in [-0.25, -0.2) is 0 Å². The van der Waals surface area contributed by atoms with E-state index in [0.717, 1.165) is 0 Å². The van der Waals surface area contributed by atoms with Crippen LogP contribution in [0.4, 0.5) is 0 Å². The van der Waals surface area contributed by atoms with E-state index in [1.807, 2.05) is 6.92 Å². The van der Waals surface area contributed by atoms with Crippen molar-refractivity contribution in [1.82, 2.24) is 0 Å². The second kappa shape index (κ2) is 4.10. The predicted molar refractivity (Wildman–Crippen MR) is 33.6 cm³/mol. The first-order valence-electron chi connectivity index (χ1n) is 1.59. The first-order valence-corrected chi connectivity index (χ1v) is 3.61. The summed E-state index contributed by atoms with van der Waals surface area (Å²) in [6.45, 7) is 1.90. The molecular weight excluding hydrogens is 139 g/mol. The maximum absolute atomic E-state index is 5.46. The number of hydrogen-bond acceptors (Lipinski definition) is 1. The highest BCUT2D eigenvalue weighted by Crippen LogP contribution is 2.14. The van der Waals surface area contributed by atoms with Gasteiger partial charge in [0, 0.05) is 0 Å². The Kier molecular flexibility index (Phi) is 4.73. The molecule has 0 aliphatic rings. The minimum absolute atomic E-state index is 0.155. The van der Waals surface area contributed by atoms with Gasteiger partial charge in [0.05, 0.1) is 9.92 Å². The summed E-state index contributed by atoms with van der Waals surface area (Å²) in [6, 6.07) is 0. The lowest BCUT2D eigenvalue weighted by Crippen LogP contribution is -1.77. The molecule has 0 fully saturated rings. The van der Waals surface area contributed by atoms with E-state index in [1.165, 1.54) is 11.8 Å². The summed E-state index contributed by atoms with van der Waals surface area (Å²) in [5.74, 6) is 0. The van der Waals surface area contributed by atoms with Crippen molar-refractivity contribution in [2.75, 3.05) is 5.21 Å². The van der Waals surface area contributed by atoms with E-state index in [4.69, 9.17) is 23.2 Å². The molecule has 0 saturated carbocycles. The van der Waals surface area contributed by atoms with Gasteiger partial charge in [0.1, 0.15) is 0 Å². The molecule has 0 spiro atoms. The monoisotopic (exact) mass is 144 g/mol. The number of halogens is 2. The molecular formula is C3H6Cl2S. The fraction of sp³-hybridized carbons (Fsp3) is 1.00. The van der Waals surface area contributed by atoms with Gasteiger partial charge in [-0.05, 0) is 6.92 Å². The van der Waals surface area contributed by atoms with Crippen LogP contribution < -0.4 is 0 Å². The Balaban J connectivity index is 2.63. The normalized spacial score (nSPS) is 14.5. The van der Waals surface area contributed by atoms with Crippen LogP contribution in [0.2, 0.25) is 0 Å². The predicted octanol–water partition coefficient (Wildman–Crippen LogP) is 2.50. The highest BCUT2D eigenvalue weighted by atomic mass is 35.5. The second-order valence-corrected chi connectivity index (χ2v) is 3.65. The van der Waals surface area contributed by atoms with Crippen LogP contribution in [0.1, 0.15) is 6.92 Å². The highest BCUT2D eigenvalue weighted by Gasteiger charge is 1.89. The van der Waals surface area contributed by atoms with Crippen LogP contribution >= 0.6 is 35.0 Å². The quantitative estimate of drug-likeness (QED) is 0.538. The highest BCUT2D eigenvalue weighted by molar-refractivity contribution is 8.02. The summed E-state index contributed by atoms with van der Waals surface area (Å²) in [4.78, 5) is 0. The smallest absolute Gasteiger partial charge is 0.0772 e. The Hall–Kier alpha value is 0.930. The maximum Gasteiger partial charge on any atom is 0.0772 e. The van der Waals surface area contributed by atoms with Gasteiger partial charge in [-0.3, -0.25) is 0 Å². The zero-order valence-corrected chi connectivity index (χ0v) is 5.78. The van der Waals surface area contributed by atoms with Gasteiger partial charge < -0.3 is 0 Å². The standard InChI is InChI=1S/C3H6Cl2S/c1-3(5)6-2-4/h3H,2H2,1H3. The number of rotatable bonds is 2. The molecule has 0 aromatic rings. The third-order valence-electron chi connectivity index (χ3n) is 0.293. The Morgan fingerprint density at radius 3 is 2.33 bits per heavy atom. The fourth-order valence-electron chi connectivity index (χ4n) is 0.0868. The molecule has 0 aliphatic heterocycles. The van der Waals surface area contributed by atoms with Gasteiger partial charge in [0.15, 0.2) is 0 Å². The summed E-state index contributed by atoms with van der Waals surface area (Å²) in [5.41, 5.74) is 0. The molecule has 0 saturated heterocycles. The molecule has 0 N–H and O–H groups in total. The largest absolute Gasteiger partial charge is 0.126 e. The fourth-order valence-corrected chi connectivity index (χ4v) is 1.21. The van der Waals surface area contributed by atoms with Crippen molar-refractivity contribution in [2.24, 2.45) is 0 Å². The van der Waals surface area contributed by atoms with Crippen molar-refractivity contribution in [3.8, 4) is 0 Å². The van der Waals surface area contributed by atoms with Crippen molar-refractivity contribution in [3.63, 3.8) is 0 Å². The molecule has 38 valence electrons. The van der Waals surface area contributed by atoms with E-state index >= 15 is 0 Å². The van der Waals surface area contributed by atoms with Crippen LogP contribution in [0.15, 0.2) is 0 Å². The first-order chi connectivity index (χ1) is 2.77. The Morgan fingerprint density at radius 2 is 2.33 bits per heavy atom. The average Bonchev–Trinajstić information content (AvgIpc) is 1.35. The van der Waals surface area contributed by atoms with Crippen molar-refractivity contribution in [2.45, 2.75) is 11.6 Å². The molecule has 0 amide bonds. The SMILES string of the molecule is CC(Cl)SCCl. The van der Waals surface area contributed by atoms with Crippen LogP contribution in [0.25, 0.3) is 0 Å². The van der Waals surface area contributed by atoms with E-state index in [1.54, 1.807) is 0 Å². The Morgan fingerprint density at radius 1 is 1.83 bits per heavy atom. The second-order valence-electron chi connectivity index (χ2n) is 0.819. The van der Waals surface area contributed by atoms with Gasteiger partial charge >= 0.3 is 0 Å². The van der Waals surface area contributed by atoms with E-state index in [0.29, 0.717) is 5.21 Å². The van der Waals surface area contributed by atoms with Gasteiger partial charge in [0.2, 0.25) is 0 Å². The minimum Gasteiger partial charge on any atom is -0.126 e. The van der Waals surface area contributed by atoms with Gasteiger partial charge in [-0.2, -0.15) is 0 Å². The third kappa shape index (κ3) is 4.93. The summed E-state index contributed by atoms with van der Waals surface area (Å²) in [6.07, 6.45) is 0. The van der Waals surface area contributed by atoms with E-state index in [2.05, 4.69) is 0 Å². The molecule has 6 heavy (non-hydrogen) atoms. The molecule has 0 radical (unpaired) electrons. The molecule has 0 heterocycles. The zero-order chi connectivity index (χ0) is 4.99. The molecule has 0 bridgehead atoms. The van der Waals surface area contributed by atoms with Crippen LogP contribution in [-0.2, 0) is 0 Å². The number of thioether (sulfide) groups is 1. The first kappa shape index (κ1) is 6.93. The minimum atomic E-state index is 0.155. The summed E-state index contributed by atoms with van der Waals surface area (Å²) >= 11 is 12.2. The number of hydrogen-bond donors (Lipinski definition) is 0. The maximum atomic E-state index is 5.46. The van der Waals surface area contributed by atoms with E-state index in [9.17, 15) is 0 Å². The van der Waals surface area contributed by atoms with Crippen molar-refractivity contribution >= 4 is 35.0 Å². The lowest BCUT2D eigenvalue weighted by Gasteiger charge is -1.92. The molecule has 0 rings (SSSR count). The lowest BCUT2D eigenvalue weighted by molar-refractivity contribution is 1.41. The van der Waals surface area contributed by atoms with E-state index in [-0.39, 0.29) is 4.71 Å². The van der Waals surface area contributed by atoms with Crippen molar-refractivity contribution < 1.29 is 0 Å². The van der Waals surface area contributed by atoms with Crippen molar-refractivity contribution in [3.05, 3.63) is 0 Å². The third-order valence-corrected chi connectivity index (χ3v) is 1.63. The van der Waals surface area contributed by atoms with Crippen LogP contribution in [0, 0.1) is 0 Å². The van der Waals surface area contributed by atoms with Crippen LogP contribution in [-0.4, -0.2) is 9.92 Å². The van der Waals surface area contributed by atoms with Gasteiger partial charge in [-0.1, -0.05) is 0 Å². The van der Waals surface area contributed by atoms with Crippen molar-refractivity contribution in [1.29, 1.82) is 0 Å². The summed E-state index contributed by atoms with van der Waals surface area (Å²) < 4.78 is 0.155. The lowest BCUT2D eigenvalue weighted by atomic mass is 11.0. The van der Waals surface area contributed by atoms with Crippen LogP contribution in [0.5, 0.6) is 0 Å². The number of alkyl halides is 2. The molecule has 0 aromatic heterocycles. The molecule has 3 heteroatoms. The van der Waals surface area contributed by atoms with Crippen LogP contribution in [0.3, 0.4) is 0 Å². The Bertz CT molecular complexity index is 30.0. The zero-order valence-electron chi connectivity index (χ0n) is 3.45. The summed E-state index contributed by atoms with van der Waals surface area (Å²) in [5, 5.41) is 0.588. The molecule has 0 nitrogen and oxygen atoms in total. The molecule has 1 unspecified atom stereocenters. The average molecular weight is 145 g/mol. The molecule has 0 aromatic carbocycles. The molecule has 1 atom stereocenters. The van der Waals surface area contributed by atoms with Gasteiger partial charge in [0.25, 0.3) is 0 Å². The van der Waals surface area contributed by atoms with Gasteiger partial charge in [-0.15, -0.1) is 35.0 Å². The molecule has 0 aliphatic carbocycles. The van der Waals surface area contributed by atoms with E-state index < -0.39 is 0 Å². The topological polar surface area (TPSA) is 0 Å².